The van der Waals surface area contributed by atoms with Crippen molar-refractivity contribution in [2.24, 2.45) is 0 Å². The molecule has 0 saturated heterocycles. The average molecular weight is 475 g/mol. The number of sulfone groups is 1. The van der Waals surface area contributed by atoms with E-state index in [1.807, 2.05) is 5.32 Å². The molecule has 0 bridgehead atoms. The lowest BCUT2D eigenvalue weighted by molar-refractivity contribution is -0.114. The molecule has 32 heavy (non-hydrogen) atoms. The molecule has 0 radical (unpaired) electrons. The summed E-state index contributed by atoms with van der Waals surface area (Å²) in [7, 11) is -8.39. The molecule has 1 atom stereocenters. The Morgan fingerprint density at radius 2 is 2.06 bits per heavy atom. The van der Waals surface area contributed by atoms with Crippen molar-refractivity contribution in [2.75, 3.05) is 30.9 Å². The molecule has 2 aromatic rings. The van der Waals surface area contributed by atoms with Crippen LogP contribution in [0.15, 0.2) is 36.4 Å². The Kier molecular flexibility index (Phi) is 3.08. The van der Waals surface area contributed by atoms with Crippen molar-refractivity contribution >= 4 is 33.2 Å². The number of amides is 3. The lowest BCUT2D eigenvalue weighted by atomic mass is 10.1. The first-order valence-corrected chi connectivity index (χ1v) is 10.3. The molecule has 1 N–H and O–H groups in total. The van der Waals surface area contributed by atoms with Gasteiger partial charge in [0.2, 0.25) is 5.91 Å². The Labute approximate surface area is 205 Å². The van der Waals surface area contributed by atoms with Crippen LogP contribution in [-0.2, 0) is 14.6 Å². The summed E-state index contributed by atoms with van der Waals surface area (Å²) < 4.78 is 140. The van der Waals surface area contributed by atoms with E-state index in [0.717, 1.165) is 24.3 Å². The average Bonchev–Trinajstić information content (AvgIpc) is 3.11. The van der Waals surface area contributed by atoms with Gasteiger partial charge in [0, 0.05) is 25.4 Å². The van der Waals surface area contributed by atoms with Crippen LogP contribution < -0.4 is 14.8 Å². The van der Waals surface area contributed by atoms with Crippen LogP contribution in [0, 0.1) is 0 Å². The van der Waals surface area contributed by atoms with Crippen molar-refractivity contribution in [1.82, 2.24) is 4.90 Å². The molecular formula is C22H24N2O7S. The first kappa shape index (κ1) is 11.0. The van der Waals surface area contributed by atoms with Crippen molar-refractivity contribution in [3.8, 4) is 11.5 Å². The van der Waals surface area contributed by atoms with Gasteiger partial charge in [0.1, 0.15) is 9.84 Å². The quantitative estimate of drug-likeness (QED) is 0.584. The van der Waals surface area contributed by atoms with E-state index in [-0.39, 0.29) is 0 Å². The molecular weight excluding hydrogens is 436 g/mol. The van der Waals surface area contributed by atoms with E-state index in [1.54, 1.807) is 0 Å². The second-order valence-electron chi connectivity index (χ2n) is 6.47. The summed E-state index contributed by atoms with van der Waals surface area (Å²) >= 11 is 0. The number of anilines is 1. The lowest BCUT2D eigenvalue weighted by Crippen LogP contribution is -2.37. The van der Waals surface area contributed by atoms with Crippen LogP contribution in [0.3, 0.4) is 0 Å². The Morgan fingerprint density at radius 3 is 2.78 bits per heavy atom. The fraction of sp³-hybridized carbons (Fsp3) is 0.318. The third-order valence-corrected chi connectivity index (χ3v) is 5.26. The number of methoxy groups -OCH3 is 1. The van der Waals surface area contributed by atoms with Crippen LogP contribution in [0.4, 0.5) is 5.69 Å². The Hall–Kier alpha value is -3.40. The molecule has 0 saturated carbocycles. The van der Waals surface area contributed by atoms with Crippen LogP contribution in [0.5, 0.6) is 11.5 Å². The van der Waals surface area contributed by atoms with E-state index >= 15 is 0 Å². The third-order valence-electron chi connectivity index (χ3n) is 4.51. The Balaban J connectivity index is 2.26. The van der Waals surface area contributed by atoms with Gasteiger partial charge in [0.25, 0.3) is 11.8 Å². The standard InChI is InChI=1S/C22H24N2O7S/c1-5-31-19-11-14(9-10-18(19)30-3)17(12-32(4,28)29)24-21(26)15-7-6-8-16(23-13(2)25)20(15)22(24)27/h6-11,17H,5,12H2,1-4H3,(H,23,25)/i1D3,2D3,3D3,4D3,5D2. The van der Waals surface area contributed by atoms with Crippen LogP contribution in [0.25, 0.3) is 0 Å². The molecule has 0 aromatic heterocycles. The van der Waals surface area contributed by atoms with E-state index < -0.39 is 107 Å². The van der Waals surface area contributed by atoms with Gasteiger partial charge in [-0.15, -0.1) is 0 Å². The molecule has 1 unspecified atom stereocenters. The summed E-state index contributed by atoms with van der Waals surface area (Å²) in [5, 5.41) is 1.99. The summed E-state index contributed by atoms with van der Waals surface area (Å²) in [5.41, 5.74) is -1.95. The third kappa shape index (κ3) is 4.59. The summed E-state index contributed by atoms with van der Waals surface area (Å²) in [6.45, 7) is -10.2. The van der Waals surface area contributed by atoms with E-state index in [0.29, 0.717) is 11.0 Å². The van der Waals surface area contributed by atoms with Crippen molar-refractivity contribution in [2.45, 2.75) is 19.7 Å². The molecule has 9 nitrogen and oxygen atoms in total. The highest BCUT2D eigenvalue weighted by Crippen LogP contribution is 2.38. The first-order chi connectivity index (χ1) is 20.6. The zero-order valence-corrected chi connectivity index (χ0v) is 16.8. The smallest absolute Gasteiger partial charge is 0.264 e. The zero-order valence-electron chi connectivity index (χ0n) is 30.0. The molecule has 1 aliphatic rings. The fourth-order valence-electron chi connectivity index (χ4n) is 3.29. The zero-order chi connectivity index (χ0) is 35.4. The van der Waals surface area contributed by atoms with Crippen LogP contribution >= 0.6 is 0 Å². The molecule has 2 aromatic carbocycles. The van der Waals surface area contributed by atoms with Crippen molar-refractivity contribution in [3.63, 3.8) is 0 Å². The number of nitrogens with one attached hydrogen (secondary N) is 1. The number of nitrogens with zero attached hydrogens (tertiary/aromatic N) is 1. The Morgan fingerprint density at radius 1 is 1.22 bits per heavy atom. The van der Waals surface area contributed by atoms with Gasteiger partial charge < -0.3 is 14.8 Å². The maximum absolute atomic E-state index is 13.7. The highest BCUT2D eigenvalue weighted by Gasteiger charge is 2.43. The lowest BCUT2D eigenvalue weighted by Gasteiger charge is -2.27. The van der Waals surface area contributed by atoms with Gasteiger partial charge >= 0.3 is 0 Å². The topological polar surface area (TPSA) is 119 Å². The predicted molar refractivity (Wildman–Crippen MR) is 118 cm³/mol. The number of rotatable bonds is 8. The van der Waals surface area contributed by atoms with Crippen molar-refractivity contribution < 1.29 is 51.5 Å². The van der Waals surface area contributed by atoms with Gasteiger partial charge in [-0.2, -0.15) is 0 Å². The number of benzene rings is 2. The highest BCUT2D eigenvalue weighted by atomic mass is 32.2. The van der Waals surface area contributed by atoms with E-state index in [2.05, 4.69) is 0 Å². The molecule has 0 aliphatic carbocycles. The molecule has 0 fully saturated rings. The highest BCUT2D eigenvalue weighted by molar-refractivity contribution is 7.90. The number of carbonyl (C=O) groups is 3. The molecule has 1 aliphatic heterocycles. The van der Waals surface area contributed by atoms with Crippen LogP contribution in [0.1, 0.15) is 65.2 Å². The number of carbonyl (C=O) groups excluding carboxylic acids is 3. The number of hydrogen-bond acceptors (Lipinski definition) is 7. The maximum Gasteiger partial charge on any atom is 0.264 e. The van der Waals surface area contributed by atoms with Crippen LogP contribution in [0.2, 0.25) is 0 Å². The molecule has 0 spiro atoms. The monoisotopic (exact) mass is 474 g/mol. The second-order valence-corrected chi connectivity index (χ2v) is 8.03. The summed E-state index contributed by atoms with van der Waals surface area (Å²) in [5.74, 6) is -7.26. The number of fused-ring (bicyclic) bond motifs is 1. The van der Waals surface area contributed by atoms with E-state index in [4.69, 9.17) is 28.7 Å². The van der Waals surface area contributed by atoms with Crippen molar-refractivity contribution in [1.29, 1.82) is 0 Å². The summed E-state index contributed by atoms with van der Waals surface area (Å²) in [4.78, 5) is 39.7. The minimum atomic E-state index is -5.19. The minimum Gasteiger partial charge on any atom is -0.493 e. The predicted octanol–water partition coefficient (Wildman–Crippen LogP) is 2.43. The second kappa shape index (κ2) is 8.99. The fourth-order valence-corrected chi connectivity index (χ4v) is 4.05. The molecule has 170 valence electrons. The van der Waals surface area contributed by atoms with E-state index in [9.17, 15) is 22.8 Å². The number of imide groups is 1. The summed E-state index contributed by atoms with van der Waals surface area (Å²) in [6, 6.07) is 3.61. The minimum absolute atomic E-state index is 0.292. The largest absolute Gasteiger partial charge is 0.493 e. The molecule has 3 amide bonds. The van der Waals surface area contributed by atoms with Gasteiger partial charge in [-0.25, -0.2) is 8.42 Å². The molecule has 10 heteroatoms. The van der Waals surface area contributed by atoms with Gasteiger partial charge in [-0.3, -0.25) is 19.3 Å². The Bertz CT molecular complexity index is 1660. The summed E-state index contributed by atoms with van der Waals surface area (Å²) in [6.07, 6.45) is -3.69. The first-order valence-electron chi connectivity index (χ1n) is 15.6. The normalized spacial score (nSPS) is 22.7. The van der Waals surface area contributed by atoms with Gasteiger partial charge in [0.15, 0.2) is 11.5 Å². The molecule has 1 heterocycles. The number of ether oxygens (including phenoxy) is 2. The van der Waals surface area contributed by atoms with E-state index in [1.165, 1.54) is 6.07 Å². The maximum atomic E-state index is 13.7. The van der Waals surface area contributed by atoms with Crippen LogP contribution in [-0.4, -0.2) is 56.6 Å². The van der Waals surface area contributed by atoms with Gasteiger partial charge in [0.05, 0.1) is 49.1 Å². The van der Waals surface area contributed by atoms with Crippen molar-refractivity contribution in [3.05, 3.63) is 53.1 Å². The van der Waals surface area contributed by atoms with Gasteiger partial charge in [-0.1, -0.05) is 12.1 Å². The van der Waals surface area contributed by atoms with Gasteiger partial charge in [-0.05, 0) is 36.7 Å². The number of hydrogen-bond donors (Lipinski definition) is 1. The SMILES string of the molecule is [2H]C([2H])([2H])Oc1ccc(C(CS(=O)(=O)C([2H])([2H])[2H])N2C(=O)c3cccc(NC(=O)C([2H])([2H])[2H])c3C2=O)cc1OC([2H])([2H])C([2H])([2H])[2H]. The molecule has 3 rings (SSSR count).